The molecule has 20 heavy (non-hydrogen) atoms. The van der Waals surface area contributed by atoms with Crippen LogP contribution in [0.4, 0.5) is 5.95 Å². The minimum Gasteiger partial charge on any atom is -0.341 e. The zero-order chi connectivity index (χ0) is 14.5. The molecule has 0 bridgehead atoms. The number of halogens is 1. The van der Waals surface area contributed by atoms with E-state index in [-0.39, 0.29) is 5.28 Å². The van der Waals surface area contributed by atoms with Crippen LogP contribution in [0.2, 0.25) is 5.28 Å². The summed E-state index contributed by atoms with van der Waals surface area (Å²) >= 11 is 6.03. The van der Waals surface area contributed by atoms with Gasteiger partial charge in [0.15, 0.2) is 5.82 Å². The van der Waals surface area contributed by atoms with Crippen LogP contribution in [0.3, 0.4) is 0 Å². The first kappa shape index (κ1) is 14.7. The van der Waals surface area contributed by atoms with E-state index in [1.165, 1.54) is 0 Å². The third-order valence-electron chi connectivity index (χ3n) is 3.02. The SMILES string of the molecule is CCCn1ccnc1-c1nc(Cl)nc(N(CC)CC)n1. The Bertz CT molecular complexity index is 564. The first-order valence-electron chi connectivity index (χ1n) is 6.87. The Morgan fingerprint density at radius 2 is 1.90 bits per heavy atom. The van der Waals surface area contributed by atoms with Gasteiger partial charge in [0, 0.05) is 32.0 Å². The monoisotopic (exact) mass is 294 g/mol. The summed E-state index contributed by atoms with van der Waals surface area (Å²) in [6.07, 6.45) is 4.69. The van der Waals surface area contributed by atoms with Crippen LogP contribution in [-0.2, 0) is 6.54 Å². The second kappa shape index (κ2) is 6.65. The molecular weight excluding hydrogens is 276 g/mol. The van der Waals surface area contributed by atoms with Crippen molar-refractivity contribution in [2.24, 2.45) is 0 Å². The van der Waals surface area contributed by atoms with Crippen LogP contribution in [0.15, 0.2) is 12.4 Å². The second-order valence-corrected chi connectivity index (χ2v) is 4.68. The van der Waals surface area contributed by atoms with Gasteiger partial charge in [-0.05, 0) is 31.9 Å². The van der Waals surface area contributed by atoms with E-state index in [1.54, 1.807) is 6.20 Å². The van der Waals surface area contributed by atoms with Crippen molar-refractivity contribution >= 4 is 17.5 Å². The molecule has 2 heterocycles. The van der Waals surface area contributed by atoms with Crippen LogP contribution in [0, 0.1) is 0 Å². The van der Waals surface area contributed by atoms with Gasteiger partial charge in [0.05, 0.1) is 0 Å². The molecule has 0 N–H and O–H groups in total. The highest BCUT2D eigenvalue weighted by molar-refractivity contribution is 6.28. The minimum absolute atomic E-state index is 0.197. The van der Waals surface area contributed by atoms with Crippen molar-refractivity contribution in [3.8, 4) is 11.6 Å². The fourth-order valence-corrected chi connectivity index (χ4v) is 2.18. The van der Waals surface area contributed by atoms with Crippen LogP contribution in [0.1, 0.15) is 27.2 Å². The number of anilines is 1. The fraction of sp³-hybridized carbons (Fsp3) is 0.538. The van der Waals surface area contributed by atoms with Crippen molar-refractivity contribution < 1.29 is 0 Å². The number of imidazole rings is 1. The zero-order valence-electron chi connectivity index (χ0n) is 12.0. The molecule has 0 unspecified atom stereocenters. The van der Waals surface area contributed by atoms with Crippen LogP contribution in [0.25, 0.3) is 11.6 Å². The number of rotatable bonds is 6. The third kappa shape index (κ3) is 3.07. The molecule has 0 saturated carbocycles. The summed E-state index contributed by atoms with van der Waals surface area (Å²) in [5, 5.41) is 0.197. The molecule has 0 amide bonds. The van der Waals surface area contributed by atoms with Gasteiger partial charge >= 0.3 is 0 Å². The van der Waals surface area contributed by atoms with Crippen LogP contribution in [0.5, 0.6) is 0 Å². The van der Waals surface area contributed by atoms with E-state index in [1.807, 2.05) is 15.7 Å². The van der Waals surface area contributed by atoms with E-state index in [0.29, 0.717) is 11.8 Å². The summed E-state index contributed by atoms with van der Waals surface area (Å²) in [7, 11) is 0. The van der Waals surface area contributed by atoms with E-state index in [0.717, 1.165) is 31.9 Å². The maximum atomic E-state index is 6.03. The van der Waals surface area contributed by atoms with Crippen molar-refractivity contribution in [1.82, 2.24) is 24.5 Å². The van der Waals surface area contributed by atoms with Crippen molar-refractivity contribution in [3.05, 3.63) is 17.7 Å². The standard InChI is InChI=1S/C13H19ClN6/c1-4-8-20-9-7-15-11(20)10-16-12(14)18-13(17-10)19(5-2)6-3/h7,9H,4-6,8H2,1-3H3. The quantitative estimate of drug-likeness (QED) is 0.819. The van der Waals surface area contributed by atoms with Gasteiger partial charge in [0.1, 0.15) is 0 Å². The topological polar surface area (TPSA) is 59.7 Å². The number of aryl methyl sites for hydroxylation is 1. The first-order valence-corrected chi connectivity index (χ1v) is 7.25. The molecule has 0 aliphatic heterocycles. The third-order valence-corrected chi connectivity index (χ3v) is 3.19. The Labute approximate surface area is 123 Å². The Morgan fingerprint density at radius 3 is 2.55 bits per heavy atom. The molecule has 2 aromatic heterocycles. The lowest BCUT2D eigenvalue weighted by molar-refractivity contribution is 0.681. The van der Waals surface area contributed by atoms with Gasteiger partial charge in [0.25, 0.3) is 0 Å². The summed E-state index contributed by atoms with van der Waals surface area (Å²) in [4.78, 5) is 19.3. The van der Waals surface area contributed by atoms with E-state index in [2.05, 4.69) is 40.7 Å². The average molecular weight is 295 g/mol. The normalized spacial score (nSPS) is 10.8. The first-order chi connectivity index (χ1) is 9.69. The Morgan fingerprint density at radius 1 is 1.15 bits per heavy atom. The summed E-state index contributed by atoms with van der Waals surface area (Å²) in [5.74, 6) is 1.84. The number of hydrogen-bond donors (Lipinski definition) is 0. The Kier molecular flexibility index (Phi) is 4.89. The smallest absolute Gasteiger partial charge is 0.230 e. The molecule has 6 nitrogen and oxygen atoms in total. The zero-order valence-corrected chi connectivity index (χ0v) is 12.8. The molecule has 7 heteroatoms. The highest BCUT2D eigenvalue weighted by Crippen LogP contribution is 2.18. The summed E-state index contributed by atoms with van der Waals surface area (Å²) < 4.78 is 2.03. The lowest BCUT2D eigenvalue weighted by Crippen LogP contribution is -2.24. The van der Waals surface area contributed by atoms with Crippen molar-refractivity contribution in [2.45, 2.75) is 33.7 Å². The lowest BCUT2D eigenvalue weighted by Gasteiger charge is -2.18. The average Bonchev–Trinajstić information content (AvgIpc) is 2.88. The Balaban J connectivity index is 2.43. The molecule has 0 aliphatic carbocycles. The van der Waals surface area contributed by atoms with Crippen LogP contribution in [-0.4, -0.2) is 37.6 Å². The van der Waals surface area contributed by atoms with E-state index in [4.69, 9.17) is 11.6 Å². The molecule has 0 saturated heterocycles. The number of aromatic nitrogens is 5. The van der Waals surface area contributed by atoms with Crippen molar-refractivity contribution in [3.63, 3.8) is 0 Å². The van der Waals surface area contributed by atoms with Crippen LogP contribution < -0.4 is 4.90 Å². The molecule has 0 radical (unpaired) electrons. The van der Waals surface area contributed by atoms with E-state index in [9.17, 15) is 0 Å². The molecule has 0 atom stereocenters. The van der Waals surface area contributed by atoms with Gasteiger partial charge in [-0.2, -0.15) is 15.0 Å². The maximum Gasteiger partial charge on any atom is 0.230 e. The fourth-order valence-electron chi connectivity index (χ4n) is 2.02. The summed E-state index contributed by atoms with van der Waals surface area (Å²) in [6.45, 7) is 8.74. The molecule has 0 aromatic carbocycles. The molecule has 0 spiro atoms. The van der Waals surface area contributed by atoms with Gasteiger partial charge in [-0.1, -0.05) is 6.92 Å². The van der Waals surface area contributed by atoms with Crippen molar-refractivity contribution in [2.75, 3.05) is 18.0 Å². The summed E-state index contributed by atoms with van der Waals surface area (Å²) in [5.41, 5.74) is 0. The second-order valence-electron chi connectivity index (χ2n) is 4.34. The van der Waals surface area contributed by atoms with Gasteiger partial charge in [-0.25, -0.2) is 4.98 Å². The van der Waals surface area contributed by atoms with Gasteiger partial charge in [-0.15, -0.1) is 0 Å². The van der Waals surface area contributed by atoms with Crippen LogP contribution >= 0.6 is 11.6 Å². The number of nitrogens with zero attached hydrogens (tertiary/aromatic N) is 6. The predicted octanol–water partition coefficient (Wildman–Crippen LogP) is 2.64. The summed E-state index contributed by atoms with van der Waals surface area (Å²) in [6, 6.07) is 0. The maximum absolute atomic E-state index is 6.03. The largest absolute Gasteiger partial charge is 0.341 e. The van der Waals surface area contributed by atoms with E-state index < -0.39 is 0 Å². The van der Waals surface area contributed by atoms with Gasteiger partial charge in [-0.3, -0.25) is 0 Å². The molecule has 0 aliphatic rings. The predicted molar refractivity (Wildman–Crippen MR) is 79.9 cm³/mol. The van der Waals surface area contributed by atoms with Gasteiger partial charge in [0.2, 0.25) is 17.1 Å². The highest BCUT2D eigenvalue weighted by Gasteiger charge is 2.14. The highest BCUT2D eigenvalue weighted by atomic mass is 35.5. The molecule has 2 rings (SSSR count). The Hall–Kier alpha value is -1.69. The van der Waals surface area contributed by atoms with Crippen molar-refractivity contribution in [1.29, 1.82) is 0 Å². The van der Waals surface area contributed by atoms with E-state index >= 15 is 0 Å². The molecule has 0 fully saturated rings. The minimum atomic E-state index is 0.197. The molecule has 108 valence electrons. The lowest BCUT2D eigenvalue weighted by atomic mass is 10.4. The molecule has 2 aromatic rings. The number of hydrogen-bond acceptors (Lipinski definition) is 5. The molecular formula is C13H19ClN6. The van der Waals surface area contributed by atoms with Gasteiger partial charge < -0.3 is 9.47 Å².